The second-order valence-electron chi connectivity index (χ2n) is 9.76. The van der Waals surface area contributed by atoms with Crippen LogP contribution in [-0.2, 0) is 14.8 Å². The van der Waals surface area contributed by atoms with Gasteiger partial charge in [-0.05, 0) is 6.42 Å². The fourth-order valence-electron chi connectivity index (χ4n) is 4.28. The van der Waals surface area contributed by atoms with Crippen molar-refractivity contribution in [2.24, 2.45) is 0 Å². The molecule has 0 saturated carbocycles. The van der Waals surface area contributed by atoms with Gasteiger partial charge in [-0.2, -0.15) is 0 Å². The molecule has 7 heteroatoms. The maximum atomic E-state index is 11.7. The van der Waals surface area contributed by atoms with Crippen LogP contribution in [0.4, 0.5) is 0 Å². The minimum atomic E-state index is -3.34. The minimum absolute atomic E-state index is 0. The summed E-state index contributed by atoms with van der Waals surface area (Å²) in [6.07, 6.45) is 28.6. The third kappa shape index (κ3) is 30.4. The molecular formula is C27H54NNaO4S. The number of rotatable bonds is 27. The second kappa shape index (κ2) is 28.0. The van der Waals surface area contributed by atoms with Gasteiger partial charge in [0.2, 0.25) is 10.0 Å². The molecule has 0 saturated heterocycles. The molecule has 0 fully saturated rings. The monoisotopic (exact) mass is 511 g/mol. The van der Waals surface area contributed by atoms with Crippen LogP contribution < -0.4 is 39.4 Å². The zero-order valence-electron chi connectivity index (χ0n) is 22.7. The van der Waals surface area contributed by atoms with Crippen molar-refractivity contribution < 1.29 is 47.9 Å². The summed E-state index contributed by atoms with van der Waals surface area (Å²) >= 11 is 0. The Balaban J connectivity index is 0. The third-order valence-electron chi connectivity index (χ3n) is 6.42. The molecule has 0 radical (unpaired) electrons. The van der Waals surface area contributed by atoms with Crippen molar-refractivity contribution in [2.75, 3.05) is 12.3 Å². The van der Waals surface area contributed by atoms with Crippen molar-refractivity contribution in [1.29, 1.82) is 0 Å². The first-order chi connectivity index (χ1) is 16.0. The molecule has 0 aromatic rings. The normalized spacial score (nSPS) is 11.4. The van der Waals surface area contributed by atoms with Crippen LogP contribution in [-0.4, -0.2) is 26.7 Å². The van der Waals surface area contributed by atoms with Gasteiger partial charge in [-0.25, -0.2) is 13.1 Å². The summed E-state index contributed by atoms with van der Waals surface area (Å²) in [5.41, 5.74) is 0. The number of hydrogen-bond acceptors (Lipinski definition) is 4. The Hall–Kier alpha value is 0.380. The zero-order chi connectivity index (χ0) is 24.5. The second-order valence-corrected chi connectivity index (χ2v) is 11.7. The van der Waals surface area contributed by atoms with Crippen molar-refractivity contribution in [3.63, 3.8) is 0 Å². The van der Waals surface area contributed by atoms with Gasteiger partial charge < -0.3 is 9.90 Å². The van der Waals surface area contributed by atoms with E-state index in [-0.39, 0.29) is 48.3 Å². The standard InChI is InChI=1S/C27H55NO4S.Na/c1-2-3-4-5-6-7-8-9-10-11-12-13-14-15-16-17-18-19-20-21-22-23-26-33(31,32)28-25-24-27(29)30;/h28H,2-26H2,1H3,(H,29,30);/q;+1/p-1. The molecule has 0 rings (SSSR count). The molecule has 0 unspecified atom stereocenters. The van der Waals surface area contributed by atoms with E-state index >= 15 is 0 Å². The molecule has 0 heterocycles. The molecule has 0 atom stereocenters. The smallest absolute Gasteiger partial charge is 0.550 e. The molecule has 0 aromatic carbocycles. The van der Waals surface area contributed by atoms with Crippen LogP contribution in [0.2, 0.25) is 0 Å². The first kappa shape index (κ1) is 36.5. The Morgan fingerprint density at radius 2 is 0.882 bits per heavy atom. The molecule has 0 aliphatic carbocycles. The van der Waals surface area contributed by atoms with Gasteiger partial charge in [0.05, 0.1) is 5.75 Å². The molecule has 0 amide bonds. The fraction of sp³-hybridized carbons (Fsp3) is 0.963. The van der Waals surface area contributed by atoms with E-state index in [0.29, 0.717) is 6.42 Å². The van der Waals surface area contributed by atoms with E-state index in [1.54, 1.807) is 0 Å². The number of carboxylic acid groups (broad SMARTS) is 1. The van der Waals surface area contributed by atoms with Crippen molar-refractivity contribution in [3.8, 4) is 0 Å². The van der Waals surface area contributed by atoms with Gasteiger partial charge in [-0.3, -0.25) is 0 Å². The van der Waals surface area contributed by atoms with Crippen LogP contribution in [0.5, 0.6) is 0 Å². The largest absolute Gasteiger partial charge is 1.00 e. The van der Waals surface area contributed by atoms with Gasteiger partial charge in [0.25, 0.3) is 0 Å². The summed E-state index contributed by atoms with van der Waals surface area (Å²) in [4.78, 5) is 10.3. The Kier molecular flexibility index (Phi) is 30.0. The number of carboxylic acids is 1. The summed E-state index contributed by atoms with van der Waals surface area (Å²) in [5, 5.41) is 10.3. The van der Waals surface area contributed by atoms with Gasteiger partial charge in [0.1, 0.15) is 0 Å². The molecule has 0 bridgehead atoms. The van der Waals surface area contributed by atoms with E-state index in [9.17, 15) is 18.3 Å². The summed E-state index contributed by atoms with van der Waals surface area (Å²) in [5.74, 6) is -1.15. The van der Waals surface area contributed by atoms with Crippen molar-refractivity contribution in [2.45, 2.75) is 155 Å². The summed E-state index contributed by atoms with van der Waals surface area (Å²) in [6.45, 7) is 2.20. The molecule has 0 aliphatic heterocycles. The van der Waals surface area contributed by atoms with E-state index in [2.05, 4.69) is 11.6 Å². The zero-order valence-corrected chi connectivity index (χ0v) is 25.5. The molecule has 0 aromatic heterocycles. The van der Waals surface area contributed by atoms with Gasteiger partial charge in [-0.15, -0.1) is 0 Å². The van der Waals surface area contributed by atoms with Crippen molar-refractivity contribution in [3.05, 3.63) is 0 Å². The number of carbonyl (C=O) groups excluding carboxylic acids is 1. The van der Waals surface area contributed by atoms with Crippen molar-refractivity contribution in [1.82, 2.24) is 4.72 Å². The molecule has 0 spiro atoms. The third-order valence-corrected chi connectivity index (χ3v) is 7.89. The molecule has 34 heavy (non-hydrogen) atoms. The van der Waals surface area contributed by atoms with Crippen LogP contribution in [0.25, 0.3) is 0 Å². The number of unbranched alkanes of at least 4 members (excludes halogenated alkanes) is 21. The van der Waals surface area contributed by atoms with Crippen LogP contribution in [0.1, 0.15) is 155 Å². The molecule has 198 valence electrons. The van der Waals surface area contributed by atoms with Gasteiger partial charge in [0, 0.05) is 18.9 Å². The number of carbonyl (C=O) groups is 1. The Morgan fingerprint density at radius 1 is 0.588 bits per heavy atom. The SMILES string of the molecule is CCCCCCCCCCCCCCCCCCCCCCCCS(=O)(=O)NCCC(=O)[O-].[Na+]. The van der Waals surface area contributed by atoms with E-state index in [4.69, 9.17) is 0 Å². The molecular weight excluding hydrogens is 457 g/mol. The summed E-state index contributed by atoms with van der Waals surface area (Å²) in [6, 6.07) is 0. The van der Waals surface area contributed by atoms with Crippen molar-refractivity contribution >= 4 is 16.0 Å². The van der Waals surface area contributed by atoms with E-state index in [1.165, 1.54) is 122 Å². The van der Waals surface area contributed by atoms with Crippen LogP contribution >= 0.6 is 0 Å². The summed E-state index contributed by atoms with van der Waals surface area (Å²) < 4.78 is 25.7. The number of hydrogen-bond donors (Lipinski definition) is 1. The first-order valence-corrected chi connectivity index (χ1v) is 15.8. The van der Waals surface area contributed by atoms with E-state index in [1.807, 2.05) is 0 Å². The average Bonchev–Trinajstić information content (AvgIpc) is 2.76. The Morgan fingerprint density at radius 3 is 1.18 bits per heavy atom. The van der Waals surface area contributed by atoms with Crippen LogP contribution in [0.15, 0.2) is 0 Å². The Bertz CT molecular complexity index is 529. The van der Waals surface area contributed by atoms with Gasteiger partial charge in [0.15, 0.2) is 0 Å². The first-order valence-electron chi connectivity index (χ1n) is 14.1. The summed E-state index contributed by atoms with van der Waals surface area (Å²) in [7, 11) is -3.34. The van der Waals surface area contributed by atoms with E-state index < -0.39 is 16.0 Å². The molecule has 1 N–H and O–H groups in total. The average molecular weight is 512 g/mol. The maximum absolute atomic E-state index is 11.7. The van der Waals surface area contributed by atoms with Gasteiger partial charge in [-0.1, -0.05) is 142 Å². The van der Waals surface area contributed by atoms with Crippen LogP contribution in [0.3, 0.4) is 0 Å². The maximum Gasteiger partial charge on any atom is 1.00 e. The quantitative estimate of drug-likeness (QED) is 0.135. The van der Waals surface area contributed by atoms with Gasteiger partial charge >= 0.3 is 29.6 Å². The predicted molar refractivity (Wildman–Crippen MR) is 139 cm³/mol. The predicted octanol–water partition coefficient (Wildman–Crippen LogP) is 3.65. The topological polar surface area (TPSA) is 86.3 Å². The molecule has 0 aliphatic rings. The van der Waals surface area contributed by atoms with E-state index in [0.717, 1.165) is 12.8 Å². The van der Waals surface area contributed by atoms with Crippen LogP contribution in [0, 0.1) is 0 Å². The fourth-order valence-corrected chi connectivity index (χ4v) is 5.42. The molecule has 5 nitrogen and oxygen atoms in total. The number of aliphatic carboxylic acids is 1. The number of sulfonamides is 1. The Labute approximate surface area is 234 Å². The number of nitrogens with one attached hydrogen (secondary N) is 1. The minimum Gasteiger partial charge on any atom is -0.550 e.